The van der Waals surface area contributed by atoms with Crippen molar-refractivity contribution in [1.29, 1.82) is 0 Å². The van der Waals surface area contributed by atoms with Crippen LogP contribution in [0.25, 0.3) is 22.4 Å². The second-order valence-corrected chi connectivity index (χ2v) is 8.06. The van der Waals surface area contributed by atoms with Crippen molar-refractivity contribution >= 4 is 40.0 Å². The number of thiocarbonyl (C=S) groups is 1. The highest BCUT2D eigenvalue weighted by Crippen LogP contribution is 2.30. The number of hydrogen-bond donors (Lipinski definition) is 3. The van der Waals surface area contributed by atoms with Crippen molar-refractivity contribution in [1.82, 2.24) is 15.3 Å². The van der Waals surface area contributed by atoms with Gasteiger partial charge in [0.05, 0.1) is 30.4 Å². The van der Waals surface area contributed by atoms with Crippen LogP contribution in [0.3, 0.4) is 0 Å². The van der Waals surface area contributed by atoms with E-state index >= 15 is 0 Å². The fourth-order valence-electron chi connectivity index (χ4n) is 3.41. The molecule has 0 unspecified atom stereocenters. The molecule has 0 saturated heterocycles. The first kappa shape index (κ1) is 23.3. The summed E-state index contributed by atoms with van der Waals surface area (Å²) >= 11 is 5.38. The Morgan fingerprint density at radius 1 is 1.09 bits per heavy atom. The van der Waals surface area contributed by atoms with Gasteiger partial charge in [0.2, 0.25) is 0 Å². The van der Waals surface area contributed by atoms with Crippen LogP contribution in [-0.4, -0.2) is 34.7 Å². The minimum Gasteiger partial charge on any atom is -0.495 e. The van der Waals surface area contributed by atoms with Crippen molar-refractivity contribution in [2.45, 2.75) is 19.8 Å². The molecule has 0 aliphatic carbocycles. The number of rotatable bonds is 8. The first-order valence-electron chi connectivity index (χ1n) is 11.1. The fourth-order valence-corrected chi connectivity index (χ4v) is 3.61. The molecule has 0 radical (unpaired) electrons. The van der Waals surface area contributed by atoms with Gasteiger partial charge >= 0.3 is 0 Å². The number of para-hydroxylation sites is 2. The Morgan fingerprint density at radius 3 is 2.62 bits per heavy atom. The Balaban J connectivity index is 1.44. The monoisotopic (exact) mass is 474 g/mol. The predicted octanol–water partition coefficient (Wildman–Crippen LogP) is 5.54. The molecule has 0 aliphatic heterocycles. The molecule has 1 heterocycles. The number of imidazole rings is 1. The number of carbonyl (C=O) groups excluding carboxylic acids is 1. The summed E-state index contributed by atoms with van der Waals surface area (Å²) in [6, 6.07) is 20.4. The van der Waals surface area contributed by atoms with Gasteiger partial charge in [0, 0.05) is 11.1 Å². The number of nitrogens with one attached hydrogen (secondary N) is 3. The Hall–Kier alpha value is -3.91. The summed E-state index contributed by atoms with van der Waals surface area (Å²) in [6.45, 7) is 2.77. The third-order valence-corrected chi connectivity index (χ3v) is 5.42. The summed E-state index contributed by atoms with van der Waals surface area (Å²) in [5, 5.41) is 5.93. The Bertz CT molecular complexity index is 1270. The van der Waals surface area contributed by atoms with Gasteiger partial charge in [0.25, 0.3) is 5.91 Å². The predicted molar refractivity (Wildman–Crippen MR) is 139 cm³/mol. The van der Waals surface area contributed by atoms with E-state index in [1.807, 2.05) is 42.5 Å². The molecule has 3 aromatic carbocycles. The lowest BCUT2D eigenvalue weighted by Crippen LogP contribution is -2.34. The van der Waals surface area contributed by atoms with Crippen molar-refractivity contribution < 1.29 is 14.3 Å². The number of carbonyl (C=O) groups is 1. The molecule has 34 heavy (non-hydrogen) atoms. The van der Waals surface area contributed by atoms with Gasteiger partial charge in [-0.05, 0) is 73.2 Å². The highest BCUT2D eigenvalue weighted by atomic mass is 32.1. The largest absolute Gasteiger partial charge is 0.495 e. The van der Waals surface area contributed by atoms with E-state index in [2.05, 4.69) is 27.5 Å². The maximum Gasteiger partial charge on any atom is 0.257 e. The van der Waals surface area contributed by atoms with E-state index in [9.17, 15) is 4.79 Å². The van der Waals surface area contributed by atoms with Gasteiger partial charge < -0.3 is 19.8 Å². The standard InChI is InChI=1S/C26H26N4O3S/c1-3-4-15-33-19-12-9-17(10-13-19)25(31)30-26(34)29-22-16-18(11-14-23(22)32-2)24-27-20-7-5-6-8-21(20)28-24/h5-14,16H,3-4,15H2,1-2H3,(H,27,28)(H2,29,30,31,34). The number of benzene rings is 3. The average Bonchev–Trinajstić information content (AvgIpc) is 3.29. The van der Waals surface area contributed by atoms with Crippen LogP contribution in [0, 0.1) is 0 Å². The van der Waals surface area contributed by atoms with Crippen molar-refractivity contribution in [2.75, 3.05) is 19.0 Å². The zero-order valence-electron chi connectivity index (χ0n) is 19.1. The summed E-state index contributed by atoms with van der Waals surface area (Å²) in [5.41, 5.74) is 3.78. The highest BCUT2D eigenvalue weighted by molar-refractivity contribution is 7.80. The molecule has 0 bridgehead atoms. The second-order valence-electron chi connectivity index (χ2n) is 7.65. The number of amides is 1. The van der Waals surface area contributed by atoms with Gasteiger partial charge in [-0.3, -0.25) is 10.1 Å². The number of aromatic amines is 1. The number of anilines is 1. The quantitative estimate of drug-likeness (QED) is 0.229. The van der Waals surface area contributed by atoms with Crippen LogP contribution in [0.1, 0.15) is 30.1 Å². The lowest BCUT2D eigenvalue weighted by atomic mass is 10.1. The van der Waals surface area contributed by atoms with E-state index in [-0.39, 0.29) is 11.0 Å². The second kappa shape index (κ2) is 10.8. The summed E-state index contributed by atoms with van der Waals surface area (Å²) < 4.78 is 11.1. The number of fused-ring (bicyclic) bond motifs is 1. The smallest absolute Gasteiger partial charge is 0.257 e. The molecule has 1 amide bonds. The van der Waals surface area contributed by atoms with E-state index in [1.165, 1.54) is 0 Å². The number of unbranched alkanes of at least 4 members (excludes halogenated alkanes) is 1. The lowest BCUT2D eigenvalue weighted by molar-refractivity contribution is 0.0977. The van der Waals surface area contributed by atoms with Crippen LogP contribution in [0.2, 0.25) is 0 Å². The van der Waals surface area contributed by atoms with Gasteiger partial charge in [-0.1, -0.05) is 25.5 Å². The van der Waals surface area contributed by atoms with Crippen LogP contribution in [-0.2, 0) is 0 Å². The minimum absolute atomic E-state index is 0.160. The normalized spacial score (nSPS) is 10.6. The van der Waals surface area contributed by atoms with Gasteiger partial charge in [-0.15, -0.1) is 0 Å². The first-order valence-corrected chi connectivity index (χ1v) is 11.5. The molecule has 4 rings (SSSR count). The van der Waals surface area contributed by atoms with Gasteiger partial charge in [0.15, 0.2) is 5.11 Å². The molecule has 174 valence electrons. The van der Waals surface area contributed by atoms with E-state index in [0.717, 1.165) is 41.0 Å². The number of hydrogen-bond acceptors (Lipinski definition) is 5. The van der Waals surface area contributed by atoms with Gasteiger partial charge in [-0.2, -0.15) is 0 Å². The molecule has 0 fully saturated rings. The van der Waals surface area contributed by atoms with Crippen molar-refractivity contribution in [2.24, 2.45) is 0 Å². The van der Waals surface area contributed by atoms with Crippen LogP contribution in [0.5, 0.6) is 11.5 Å². The van der Waals surface area contributed by atoms with Crippen molar-refractivity contribution in [3.05, 3.63) is 72.3 Å². The molecular weight excluding hydrogens is 448 g/mol. The van der Waals surface area contributed by atoms with Crippen LogP contribution >= 0.6 is 12.2 Å². The average molecular weight is 475 g/mol. The summed E-state index contributed by atoms with van der Waals surface area (Å²) in [5.74, 6) is 1.73. The molecule has 4 aromatic rings. The van der Waals surface area contributed by atoms with Gasteiger partial charge in [0.1, 0.15) is 17.3 Å². The molecule has 0 aliphatic rings. The fraction of sp³-hybridized carbons (Fsp3) is 0.192. The third kappa shape index (κ3) is 5.52. The Morgan fingerprint density at radius 2 is 1.88 bits per heavy atom. The van der Waals surface area contributed by atoms with Crippen LogP contribution in [0.4, 0.5) is 5.69 Å². The Labute approximate surface area is 203 Å². The maximum absolute atomic E-state index is 12.6. The number of aromatic nitrogens is 2. The number of H-pyrrole nitrogens is 1. The Kier molecular flexibility index (Phi) is 7.39. The minimum atomic E-state index is -0.315. The molecule has 0 saturated carbocycles. The summed E-state index contributed by atoms with van der Waals surface area (Å²) in [6.07, 6.45) is 2.06. The van der Waals surface area contributed by atoms with E-state index < -0.39 is 0 Å². The first-order chi connectivity index (χ1) is 16.6. The highest BCUT2D eigenvalue weighted by Gasteiger charge is 2.13. The molecule has 7 nitrogen and oxygen atoms in total. The van der Waals surface area contributed by atoms with Crippen LogP contribution < -0.4 is 20.1 Å². The SMILES string of the molecule is CCCCOc1ccc(C(=O)NC(=S)Nc2cc(-c3nc4ccccc4[nH]3)ccc2OC)cc1. The number of methoxy groups -OCH3 is 1. The molecule has 1 aromatic heterocycles. The van der Waals surface area contributed by atoms with Crippen molar-refractivity contribution in [3.8, 4) is 22.9 Å². The molecule has 8 heteroatoms. The van der Waals surface area contributed by atoms with E-state index in [4.69, 9.17) is 21.7 Å². The molecular formula is C26H26N4O3S. The topological polar surface area (TPSA) is 88.3 Å². The number of nitrogens with zero attached hydrogens (tertiary/aromatic N) is 1. The van der Waals surface area contributed by atoms with Gasteiger partial charge in [-0.25, -0.2) is 4.98 Å². The maximum atomic E-state index is 12.6. The molecule has 0 spiro atoms. The third-order valence-electron chi connectivity index (χ3n) is 5.22. The molecule has 3 N–H and O–H groups in total. The summed E-state index contributed by atoms with van der Waals surface area (Å²) in [7, 11) is 1.58. The lowest BCUT2D eigenvalue weighted by Gasteiger charge is -2.14. The van der Waals surface area contributed by atoms with Crippen molar-refractivity contribution in [3.63, 3.8) is 0 Å². The number of ether oxygens (including phenoxy) is 2. The zero-order valence-corrected chi connectivity index (χ0v) is 19.9. The van der Waals surface area contributed by atoms with E-state index in [1.54, 1.807) is 31.4 Å². The molecule has 0 atom stereocenters. The zero-order chi connectivity index (χ0) is 23.9. The summed E-state index contributed by atoms with van der Waals surface area (Å²) in [4.78, 5) is 20.6. The van der Waals surface area contributed by atoms with Crippen LogP contribution in [0.15, 0.2) is 66.7 Å². The van der Waals surface area contributed by atoms with E-state index in [0.29, 0.717) is 23.6 Å².